The fraction of sp³-hybridized carbons (Fsp3) is 0.138. The summed E-state index contributed by atoms with van der Waals surface area (Å²) in [7, 11) is 3.10. The van der Waals surface area contributed by atoms with E-state index in [2.05, 4.69) is 10.6 Å². The van der Waals surface area contributed by atoms with Gasteiger partial charge in [0, 0.05) is 41.6 Å². The van der Waals surface area contributed by atoms with E-state index in [4.69, 9.17) is 26.2 Å². The van der Waals surface area contributed by atoms with Crippen LogP contribution in [0.15, 0.2) is 90.8 Å². The predicted molar refractivity (Wildman–Crippen MR) is 147 cm³/mol. The number of nitrogens with one attached hydrogen (secondary N) is 2. The molecule has 4 aromatic rings. The van der Waals surface area contributed by atoms with E-state index in [1.165, 1.54) is 0 Å². The van der Waals surface area contributed by atoms with Crippen molar-refractivity contribution in [2.75, 3.05) is 27.4 Å². The Hall–Kier alpha value is -4.40. The molecule has 0 spiro atoms. The third kappa shape index (κ3) is 6.67. The molecule has 0 atom stereocenters. The molecule has 0 saturated heterocycles. The number of halogens is 1. The summed E-state index contributed by atoms with van der Waals surface area (Å²) in [5.41, 5.74) is 3.32. The SMILES string of the molecule is COCCNC(=O)C(=Cc1cn(-c2ccccc2)nc1-c1ccc(Cl)cc1)NC(=O)c1ccc(OC)cc1. The number of nitrogens with zero attached hydrogens (tertiary/aromatic N) is 2. The van der Waals surface area contributed by atoms with Gasteiger partial charge in [0.1, 0.15) is 17.1 Å². The molecule has 0 radical (unpaired) electrons. The maximum Gasteiger partial charge on any atom is 0.267 e. The van der Waals surface area contributed by atoms with Crippen LogP contribution in [0.25, 0.3) is 23.0 Å². The summed E-state index contributed by atoms with van der Waals surface area (Å²) in [6.45, 7) is 0.603. The monoisotopic (exact) mass is 530 g/mol. The maximum absolute atomic E-state index is 13.1. The highest BCUT2D eigenvalue weighted by Gasteiger charge is 2.18. The minimum Gasteiger partial charge on any atom is -0.497 e. The van der Waals surface area contributed by atoms with Crippen LogP contribution in [0.5, 0.6) is 5.75 Å². The molecule has 2 N–H and O–H groups in total. The number of ether oxygens (including phenoxy) is 2. The van der Waals surface area contributed by atoms with Gasteiger partial charge in [0.2, 0.25) is 0 Å². The van der Waals surface area contributed by atoms with E-state index in [9.17, 15) is 9.59 Å². The van der Waals surface area contributed by atoms with Crippen LogP contribution in [0.4, 0.5) is 0 Å². The summed E-state index contributed by atoms with van der Waals surface area (Å²) < 4.78 is 11.9. The smallest absolute Gasteiger partial charge is 0.267 e. The first kappa shape index (κ1) is 26.7. The zero-order chi connectivity index (χ0) is 26.9. The lowest BCUT2D eigenvalue weighted by molar-refractivity contribution is -0.117. The number of hydrogen-bond acceptors (Lipinski definition) is 5. The molecule has 2 amide bonds. The van der Waals surface area contributed by atoms with Crippen molar-refractivity contribution in [3.05, 3.63) is 107 Å². The third-order valence-electron chi connectivity index (χ3n) is 5.62. The number of rotatable bonds is 10. The molecule has 0 unspecified atom stereocenters. The first-order valence-corrected chi connectivity index (χ1v) is 12.2. The summed E-state index contributed by atoms with van der Waals surface area (Å²) in [6.07, 6.45) is 3.42. The maximum atomic E-state index is 13.1. The number of hydrogen-bond donors (Lipinski definition) is 2. The van der Waals surface area contributed by atoms with Crippen LogP contribution < -0.4 is 15.4 Å². The molecule has 0 fully saturated rings. The molecule has 38 heavy (non-hydrogen) atoms. The van der Waals surface area contributed by atoms with Crippen LogP contribution >= 0.6 is 11.6 Å². The van der Waals surface area contributed by atoms with Gasteiger partial charge in [0.15, 0.2) is 0 Å². The number of amides is 2. The van der Waals surface area contributed by atoms with Crippen molar-refractivity contribution in [3.8, 4) is 22.7 Å². The highest BCUT2D eigenvalue weighted by molar-refractivity contribution is 6.30. The van der Waals surface area contributed by atoms with Crippen LogP contribution in [0, 0.1) is 0 Å². The Morgan fingerprint density at radius 1 is 0.974 bits per heavy atom. The second kappa shape index (κ2) is 12.7. The fourth-order valence-electron chi connectivity index (χ4n) is 3.65. The largest absolute Gasteiger partial charge is 0.497 e. The molecule has 9 heteroatoms. The molecular formula is C29H27ClN4O4. The van der Waals surface area contributed by atoms with Gasteiger partial charge >= 0.3 is 0 Å². The Labute approximate surface area is 225 Å². The van der Waals surface area contributed by atoms with E-state index < -0.39 is 11.8 Å². The van der Waals surface area contributed by atoms with Gasteiger partial charge in [-0.2, -0.15) is 5.10 Å². The van der Waals surface area contributed by atoms with Crippen molar-refractivity contribution in [1.82, 2.24) is 20.4 Å². The Bertz CT molecular complexity index is 1420. The minimum atomic E-state index is -0.460. The third-order valence-corrected chi connectivity index (χ3v) is 5.87. The van der Waals surface area contributed by atoms with Gasteiger partial charge in [-0.05, 0) is 54.6 Å². The quantitative estimate of drug-likeness (QED) is 0.228. The number of methoxy groups -OCH3 is 2. The number of benzene rings is 3. The summed E-state index contributed by atoms with van der Waals surface area (Å²) in [5.74, 6) is -0.279. The summed E-state index contributed by atoms with van der Waals surface area (Å²) in [4.78, 5) is 26.2. The summed E-state index contributed by atoms with van der Waals surface area (Å²) in [5, 5.41) is 10.9. The Balaban J connectivity index is 1.75. The predicted octanol–water partition coefficient (Wildman–Crippen LogP) is 4.73. The van der Waals surface area contributed by atoms with Gasteiger partial charge in [-0.25, -0.2) is 4.68 Å². The molecular weight excluding hydrogens is 504 g/mol. The molecule has 8 nitrogen and oxygen atoms in total. The summed E-state index contributed by atoms with van der Waals surface area (Å²) >= 11 is 6.10. The number of carbonyl (C=O) groups excluding carboxylic acids is 2. The molecule has 0 bridgehead atoms. The lowest BCUT2D eigenvalue weighted by Crippen LogP contribution is -2.36. The van der Waals surface area contributed by atoms with Gasteiger partial charge in [-0.3, -0.25) is 9.59 Å². The standard InChI is InChI=1S/C29H27ClN4O4/c1-37-17-16-31-29(36)26(32-28(35)21-10-14-25(38-2)15-11-21)18-22-19-34(24-6-4-3-5-7-24)33-27(22)20-8-12-23(30)13-9-20/h3-15,18-19H,16-17H2,1-2H3,(H,31,36)(H,32,35). The first-order chi connectivity index (χ1) is 18.5. The average Bonchev–Trinajstić information content (AvgIpc) is 3.37. The van der Waals surface area contributed by atoms with E-state index in [-0.39, 0.29) is 12.2 Å². The molecule has 1 aromatic heterocycles. The first-order valence-electron chi connectivity index (χ1n) is 11.8. The Morgan fingerprint density at radius 2 is 1.68 bits per heavy atom. The summed E-state index contributed by atoms with van der Waals surface area (Å²) in [6, 6.07) is 23.5. The minimum absolute atomic E-state index is 0.0600. The second-order valence-electron chi connectivity index (χ2n) is 8.21. The Morgan fingerprint density at radius 3 is 2.34 bits per heavy atom. The van der Waals surface area contributed by atoms with Gasteiger partial charge in [-0.15, -0.1) is 0 Å². The molecule has 4 rings (SSSR count). The van der Waals surface area contributed by atoms with Crippen molar-refractivity contribution in [2.24, 2.45) is 0 Å². The van der Waals surface area contributed by atoms with Crippen molar-refractivity contribution >= 4 is 29.5 Å². The average molecular weight is 531 g/mol. The normalized spacial score (nSPS) is 11.2. The van der Waals surface area contributed by atoms with Gasteiger partial charge in [-0.1, -0.05) is 41.9 Å². The Kier molecular flexibility index (Phi) is 8.92. The van der Waals surface area contributed by atoms with E-state index in [0.29, 0.717) is 34.2 Å². The van der Waals surface area contributed by atoms with Crippen LogP contribution in [-0.4, -0.2) is 49.0 Å². The highest BCUT2D eigenvalue weighted by atomic mass is 35.5. The second-order valence-corrected chi connectivity index (χ2v) is 8.65. The topological polar surface area (TPSA) is 94.5 Å². The lowest BCUT2D eigenvalue weighted by atomic mass is 10.1. The molecule has 0 aliphatic carbocycles. The molecule has 194 valence electrons. The highest BCUT2D eigenvalue weighted by Crippen LogP contribution is 2.27. The van der Waals surface area contributed by atoms with Crippen molar-refractivity contribution in [1.29, 1.82) is 0 Å². The van der Waals surface area contributed by atoms with Gasteiger partial charge < -0.3 is 20.1 Å². The van der Waals surface area contributed by atoms with Crippen LogP contribution in [0.3, 0.4) is 0 Å². The number of aromatic nitrogens is 2. The zero-order valence-corrected chi connectivity index (χ0v) is 21.7. The lowest BCUT2D eigenvalue weighted by Gasteiger charge is -2.11. The van der Waals surface area contributed by atoms with Crippen molar-refractivity contribution in [2.45, 2.75) is 0 Å². The number of para-hydroxylation sites is 1. The van der Waals surface area contributed by atoms with Gasteiger partial charge in [0.05, 0.1) is 19.4 Å². The zero-order valence-electron chi connectivity index (χ0n) is 21.0. The molecule has 0 aliphatic rings. The van der Waals surface area contributed by atoms with Gasteiger partial charge in [0.25, 0.3) is 11.8 Å². The van der Waals surface area contributed by atoms with E-state index in [0.717, 1.165) is 11.3 Å². The number of carbonyl (C=O) groups is 2. The van der Waals surface area contributed by atoms with E-state index >= 15 is 0 Å². The van der Waals surface area contributed by atoms with E-state index in [1.807, 2.05) is 42.5 Å². The van der Waals surface area contributed by atoms with Crippen LogP contribution in [0.1, 0.15) is 15.9 Å². The van der Waals surface area contributed by atoms with Crippen molar-refractivity contribution < 1.29 is 19.1 Å². The fourth-order valence-corrected chi connectivity index (χ4v) is 3.78. The molecule has 3 aromatic carbocycles. The van der Waals surface area contributed by atoms with Crippen LogP contribution in [-0.2, 0) is 9.53 Å². The molecule has 0 saturated carbocycles. The van der Waals surface area contributed by atoms with Crippen LogP contribution in [0.2, 0.25) is 5.02 Å². The van der Waals surface area contributed by atoms with Crippen molar-refractivity contribution in [3.63, 3.8) is 0 Å². The van der Waals surface area contributed by atoms with E-state index in [1.54, 1.807) is 67.6 Å². The molecule has 0 aliphatic heterocycles. The molecule has 1 heterocycles.